The number of fused-ring (bicyclic) bond motifs is 1. The Morgan fingerprint density at radius 2 is 1.77 bits per heavy atom. The highest BCUT2D eigenvalue weighted by molar-refractivity contribution is 7.92. The van der Waals surface area contributed by atoms with Crippen LogP contribution >= 0.6 is 0 Å². The zero-order chi connectivity index (χ0) is 30.9. The van der Waals surface area contributed by atoms with Gasteiger partial charge in [0.1, 0.15) is 18.4 Å². The van der Waals surface area contributed by atoms with Crippen LogP contribution in [0, 0.1) is 17.5 Å². The van der Waals surface area contributed by atoms with Crippen molar-refractivity contribution in [1.82, 2.24) is 23.9 Å². The van der Waals surface area contributed by atoms with Crippen LogP contribution in [0.25, 0.3) is 28.3 Å². The van der Waals surface area contributed by atoms with Gasteiger partial charge in [0, 0.05) is 39.3 Å². The summed E-state index contributed by atoms with van der Waals surface area (Å²) in [6.45, 7) is 7.76. The number of aromatic nitrogens is 5. The number of halogens is 3. The Kier molecular flexibility index (Phi) is 8.31. The number of nitrogens with zero attached hydrogens (tertiary/aromatic N) is 5. The SMILES string of the molecule is COc1ncc(F)cc1S(=O)(=O)Nc1ccc(F)c(-c2ccn3c(-c4nccn4COCC[Si](C)(C)C)ncc3c2)c1F. The van der Waals surface area contributed by atoms with E-state index in [1.54, 1.807) is 23.0 Å². The zero-order valence-electron chi connectivity index (χ0n) is 23.8. The van der Waals surface area contributed by atoms with Crippen molar-refractivity contribution in [2.24, 2.45) is 0 Å². The standard InChI is InChI=1S/C28H29F3N6O4SSi/c1-40-28-23(14-19(29)15-34-28)42(38,39)35-22-6-5-21(30)24(25(22)31)18-7-9-37-20(13-18)16-33-27(37)26-32-8-10-36(26)17-41-11-12-43(2,3)4/h5-10,13-16,35H,11-12,17H2,1-4H3. The summed E-state index contributed by atoms with van der Waals surface area (Å²) in [6, 6.07) is 6.58. The highest BCUT2D eigenvalue weighted by atomic mass is 32.2. The topological polar surface area (TPSA) is 113 Å². The molecule has 1 aromatic carbocycles. The first-order chi connectivity index (χ1) is 20.4. The third-order valence-corrected chi connectivity index (χ3v) is 9.63. The molecule has 0 aliphatic carbocycles. The molecule has 4 heterocycles. The van der Waals surface area contributed by atoms with E-state index < -0.39 is 57.6 Å². The molecule has 0 aliphatic heterocycles. The second-order valence-corrected chi connectivity index (χ2v) is 18.2. The summed E-state index contributed by atoms with van der Waals surface area (Å²) in [5.74, 6) is -2.36. The number of ether oxygens (including phenoxy) is 2. The van der Waals surface area contributed by atoms with E-state index in [1.165, 1.54) is 18.3 Å². The van der Waals surface area contributed by atoms with E-state index in [9.17, 15) is 12.8 Å². The maximum atomic E-state index is 15.7. The number of benzene rings is 1. The van der Waals surface area contributed by atoms with E-state index in [1.807, 2.05) is 9.29 Å². The third kappa shape index (κ3) is 6.43. The van der Waals surface area contributed by atoms with Crippen molar-refractivity contribution >= 4 is 29.3 Å². The van der Waals surface area contributed by atoms with Crippen molar-refractivity contribution < 1.29 is 31.1 Å². The van der Waals surface area contributed by atoms with Crippen LogP contribution in [0.15, 0.2) is 66.2 Å². The Bertz CT molecular complexity index is 1910. The average molecular weight is 631 g/mol. The van der Waals surface area contributed by atoms with E-state index >= 15 is 8.78 Å². The lowest BCUT2D eigenvalue weighted by molar-refractivity contribution is 0.0882. The molecule has 1 N–H and O–H groups in total. The Hall–Kier alpha value is -4.21. The first-order valence-corrected chi connectivity index (χ1v) is 18.3. The summed E-state index contributed by atoms with van der Waals surface area (Å²) in [5, 5.41) is 0. The highest BCUT2D eigenvalue weighted by Crippen LogP contribution is 2.34. The summed E-state index contributed by atoms with van der Waals surface area (Å²) >= 11 is 0. The van der Waals surface area contributed by atoms with Crippen LogP contribution in [-0.2, 0) is 21.5 Å². The Morgan fingerprint density at radius 1 is 0.977 bits per heavy atom. The molecule has 0 amide bonds. The molecule has 0 saturated carbocycles. The van der Waals surface area contributed by atoms with Gasteiger partial charge in [-0.05, 0) is 35.9 Å². The molecule has 43 heavy (non-hydrogen) atoms. The number of methoxy groups -OCH3 is 1. The smallest absolute Gasteiger partial charge is 0.267 e. The van der Waals surface area contributed by atoms with Gasteiger partial charge in [0.15, 0.2) is 22.4 Å². The molecule has 10 nitrogen and oxygen atoms in total. The number of hydrogen-bond donors (Lipinski definition) is 1. The van der Waals surface area contributed by atoms with Crippen molar-refractivity contribution in [3.8, 4) is 28.7 Å². The fourth-order valence-corrected chi connectivity index (χ4v) is 6.28. The first kappa shape index (κ1) is 30.3. The fourth-order valence-electron chi connectivity index (χ4n) is 4.33. The van der Waals surface area contributed by atoms with Gasteiger partial charge in [-0.25, -0.2) is 36.5 Å². The van der Waals surface area contributed by atoms with Crippen LogP contribution in [0.4, 0.5) is 18.9 Å². The maximum Gasteiger partial charge on any atom is 0.267 e. The number of anilines is 1. The monoisotopic (exact) mass is 630 g/mol. The summed E-state index contributed by atoms with van der Waals surface area (Å²) in [5.41, 5.74) is -0.361. The quantitative estimate of drug-likeness (QED) is 0.145. The van der Waals surface area contributed by atoms with Gasteiger partial charge in [-0.3, -0.25) is 9.12 Å². The lowest BCUT2D eigenvalue weighted by Crippen LogP contribution is -2.22. The molecule has 5 rings (SSSR count). The van der Waals surface area contributed by atoms with Crippen molar-refractivity contribution in [1.29, 1.82) is 0 Å². The largest absolute Gasteiger partial charge is 0.480 e. The highest BCUT2D eigenvalue weighted by Gasteiger charge is 2.25. The number of hydrogen-bond acceptors (Lipinski definition) is 7. The molecule has 0 saturated heterocycles. The van der Waals surface area contributed by atoms with E-state index in [-0.39, 0.29) is 5.56 Å². The minimum absolute atomic E-state index is 0.137. The lowest BCUT2D eigenvalue weighted by Gasteiger charge is -2.16. The van der Waals surface area contributed by atoms with Crippen LogP contribution in [0.3, 0.4) is 0 Å². The molecular formula is C28H29F3N6O4SSi. The summed E-state index contributed by atoms with van der Waals surface area (Å²) in [7, 11) is -4.64. The predicted molar refractivity (Wildman–Crippen MR) is 157 cm³/mol. The van der Waals surface area contributed by atoms with Gasteiger partial charge in [-0.2, -0.15) is 0 Å². The van der Waals surface area contributed by atoms with Crippen molar-refractivity contribution in [3.63, 3.8) is 0 Å². The number of imidazole rings is 2. The minimum Gasteiger partial charge on any atom is -0.480 e. The Balaban J connectivity index is 1.44. The van der Waals surface area contributed by atoms with Gasteiger partial charge in [-0.15, -0.1) is 0 Å². The molecule has 0 aliphatic rings. The number of sulfonamides is 1. The zero-order valence-corrected chi connectivity index (χ0v) is 25.6. The van der Waals surface area contributed by atoms with Crippen molar-refractivity contribution in [2.75, 3.05) is 18.4 Å². The van der Waals surface area contributed by atoms with Gasteiger partial charge in [0.2, 0.25) is 5.88 Å². The minimum atomic E-state index is -4.56. The average Bonchev–Trinajstić information content (AvgIpc) is 3.58. The molecule has 0 spiro atoms. The number of nitrogens with one attached hydrogen (secondary N) is 1. The first-order valence-electron chi connectivity index (χ1n) is 13.1. The van der Waals surface area contributed by atoms with Gasteiger partial charge in [0.05, 0.1) is 36.3 Å². The van der Waals surface area contributed by atoms with Crippen LogP contribution in [0.5, 0.6) is 5.88 Å². The molecule has 0 fully saturated rings. The molecule has 0 bridgehead atoms. The Morgan fingerprint density at radius 3 is 2.51 bits per heavy atom. The number of rotatable bonds is 11. The molecule has 0 radical (unpaired) electrons. The van der Waals surface area contributed by atoms with Crippen LogP contribution < -0.4 is 9.46 Å². The van der Waals surface area contributed by atoms with Crippen molar-refractivity contribution in [3.05, 3.63) is 78.8 Å². The third-order valence-electron chi connectivity index (χ3n) is 6.57. The maximum absolute atomic E-state index is 15.7. The normalized spacial score (nSPS) is 12.2. The van der Waals surface area contributed by atoms with E-state index in [4.69, 9.17) is 9.47 Å². The Labute approximate surface area is 247 Å². The van der Waals surface area contributed by atoms with Gasteiger partial charge >= 0.3 is 0 Å². The van der Waals surface area contributed by atoms with Gasteiger partial charge in [0.25, 0.3) is 10.0 Å². The molecular weight excluding hydrogens is 601 g/mol. The second kappa shape index (κ2) is 11.8. The lowest BCUT2D eigenvalue weighted by atomic mass is 10.0. The molecule has 0 unspecified atom stereocenters. The van der Waals surface area contributed by atoms with Crippen molar-refractivity contribution in [2.45, 2.75) is 37.3 Å². The van der Waals surface area contributed by atoms with Gasteiger partial charge in [-0.1, -0.05) is 19.6 Å². The molecule has 0 atom stereocenters. The van der Waals surface area contributed by atoms with Crippen LogP contribution in [0.1, 0.15) is 0 Å². The molecule has 226 valence electrons. The number of pyridine rings is 2. The van der Waals surface area contributed by atoms with E-state index in [0.717, 1.165) is 31.5 Å². The van der Waals surface area contributed by atoms with Crippen LogP contribution in [-0.4, -0.2) is 54.1 Å². The molecule has 15 heteroatoms. The fraction of sp³-hybridized carbons (Fsp3) is 0.250. The molecule has 5 aromatic rings. The summed E-state index contributed by atoms with van der Waals surface area (Å²) in [4.78, 5) is 11.8. The summed E-state index contributed by atoms with van der Waals surface area (Å²) < 4.78 is 86.8. The van der Waals surface area contributed by atoms with Gasteiger partial charge < -0.3 is 14.0 Å². The van der Waals surface area contributed by atoms with Crippen LogP contribution in [0.2, 0.25) is 25.7 Å². The second-order valence-electron chi connectivity index (χ2n) is 10.9. The van der Waals surface area contributed by atoms with E-state index in [2.05, 4.69) is 34.6 Å². The molecule has 4 aromatic heterocycles. The predicted octanol–water partition coefficient (Wildman–Crippen LogP) is 5.80. The summed E-state index contributed by atoms with van der Waals surface area (Å²) in [6.07, 6.45) is 7.33. The van der Waals surface area contributed by atoms with E-state index in [0.29, 0.717) is 36.6 Å².